The number of ether oxygens (including phenoxy) is 3. The summed E-state index contributed by atoms with van der Waals surface area (Å²) in [6.07, 6.45) is -7.62. The van der Waals surface area contributed by atoms with Gasteiger partial charge in [0.25, 0.3) is 0 Å². The highest BCUT2D eigenvalue weighted by molar-refractivity contribution is 5.61. The van der Waals surface area contributed by atoms with Crippen molar-refractivity contribution in [2.75, 3.05) is 6.61 Å². The Labute approximate surface area is 58.8 Å². The largest absolute Gasteiger partial charge is 0.525 e. The van der Waals surface area contributed by atoms with Gasteiger partial charge in [0.15, 0.2) is 6.61 Å². The topological polar surface area (TPSA) is 44.8 Å². The second-order valence-corrected chi connectivity index (χ2v) is 1.67. The van der Waals surface area contributed by atoms with Gasteiger partial charge in [-0.15, -0.1) is 13.2 Å². The minimum atomic E-state index is -4.81. The van der Waals surface area contributed by atoms with Crippen molar-refractivity contribution in [3.8, 4) is 0 Å². The molecule has 0 radical (unpaired) electrons. The lowest BCUT2D eigenvalue weighted by atomic mass is 10.7. The molecule has 0 aromatic rings. The lowest BCUT2D eigenvalue weighted by Gasteiger charge is -2.09. The van der Waals surface area contributed by atoms with E-state index < -0.39 is 25.4 Å². The van der Waals surface area contributed by atoms with Gasteiger partial charge in [-0.1, -0.05) is 0 Å². The highest BCUT2D eigenvalue weighted by Crippen LogP contribution is 2.21. The van der Waals surface area contributed by atoms with Crippen molar-refractivity contribution in [1.29, 1.82) is 0 Å². The summed E-state index contributed by atoms with van der Waals surface area (Å²) >= 11 is 0. The van der Waals surface area contributed by atoms with Crippen LogP contribution in [0.4, 0.5) is 18.0 Å². The molecule has 7 heteroatoms. The maximum Gasteiger partial charge on any atom is 0.525 e. The van der Waals surface area contributed by atoms with E-state index in [4.69, 9.17) is 0 Å². The van der Waals surface area contributed by atoms with Crippen LogP contribution in [0.3, 0.4) is 0 Å². The first-order valence-corrected chi connectivity index (χ1v) is 2.55. The number of hydrogen-bond donors (Lipinski definition) is 0. The first-order valence-electron chi connectivity index (χ1n) is 2.55. The predicted molar refractivity (Wildman–Crippen MR) is 23.4 cm³/mol. The van der Waals surface area contributed by atoms with E-state index in [2.05, 4.69) is 14.2 Å². The van der Waals surface area contributed by atoms with Crippen LogP contribution in [-0.4, -0.2) is 25.4 Å². The van der Waals surface area contributed by atoms with E-state index in [1.165, 1.54) is 0 Å². The van der Waals surface area contributed by atoms with Crippen LogP contribution in [-0.2, 0) is 14.2 Å². The maximum atomic E-state index is 11.4. The fraction of sp³-hybridized carbons (Fsp3) is 0.750. The summed E-state index contributed by atoms with van der Waals surface area (Å²) in [5, 5.41) is 0. The standard InChI is InChI=1S/C4H3F3O4/c5-4(6,7)11-2-1-9-3(8)10-2/h2H,1H2/t2-/m1/s1. The van der Waals surface area contributed by atoms with Crippen LogP contribution in [0.15, 0.2) is 0 Å². The number of hydrogen-bond acceptors (Lipinski definition) is 4. The molecule has 1 aliphatic rings. The Bertz CT molecular complexity index is 165. The molecule has 1 atom stereocenters. The SMILES string of the molecule is O=C1OC[C@@H](OC(F)(F)F)O1. The van der Waals surface area contributed by atoms with Gasteiger partial charge < -0.3 is 9.47 Å². The highest BCUT2D eigenvalue weighted by atomic mass is 19.4. The lowest BCUT2D eigenvalue weighted by molar-refractivity contribution is -0.365. The van der Waals surface area contributed by atoms with Gasteiger partial charge in [-0.25, -0.2) is 9.53 Å². The first kappa shape index (κ1) is 8.12. The van der Waals surface area contributed by atoms with Gasteiger partial charge in [0.2, 0.25) is 6.29 Å². The average Bonchev–Trinajstić information content (AvgIpc) is 2.10. The third-order valence-electron chi connectivity index (χ3n) is 0.830. The zero-order valence-corrected chi connectivity index (χ0v) is 5.05. The van der Waals surface area contributed by atoms with Gasteiger partial charge in [-0.05, 0) is 0 Å². The lowest BCUT2D eigenvalue weighted by Crippen LogP contribution is -2.25. The van der Waals surface area contributed by atoms with Crippen LogP contribution in [0.2, 0.25) is 0 Å². The van der Waals surface area contributed by atoms with Crippen molar-refractivity contribution < 1.29 is 32.2 Å². The molecule has 0 saturated carbocycles. The Balaban J connectivity index is 2.34. The van der Waals surface area contributed by atoms with E-state index in [0.717, 1.165) is 0 Å². The molecule has 4 nitrogen and oxygen atoms in total. The first-order chi connectivity index (χ1) is 4.97. The summed E-state index contributed by atoms with van der Waals surface area (Å²) < 4.78 is 45.4. The number of rotatable bonds is 1. The number of carbonyl (C=O) groups is 1. The van der Waals surface area contributed by atoms with Gasteiger partial charge >= 0.3 is 12.5 Å². The molecule has 11 heavy (non-hydrogen) atoms. The van der Waals surface area contributed by atoms with Crippen LogP contribution in [0.25, 0.3) is 0 Å². The molecule has 1 rings (SSSR count). The van der Waals surface area contributed by atoms with Crippen molar-refractivity contribution in [3.63, 3.8) is 0 Å². The van der Waals surface area contributed by atoms with Crippen LogP contribution < -0.4 is 0 Å². The van der Waals surface area contributed by atoms with Gasteiger partial charge in [0.1, 0.15) is 0 Å². The van der Waals surface area contributed by atoms with E-state index in [9.17, 15) is 18.0 Å². The average molecular weight is 172 g/mol. The fourth-order valence-electron chi connectivity index (χ4n) is 0.519. The summed E-state index contributed by atoms with van der Waals surface area (Å²) in [7, 11) is 0. The Hall–Kier alpha value is -0.980. The Kier molecular flexibility index (Phi) is 1.90. The quantitative estimate of drug-likeness (QED) is 0.554. The molecule has 0 aromatic heterocycles. The van der Waals surface area contributed by atoms with E-state index in [0.29, 0.717) is 0 Å². The number of carbonyl (C=O) groups excluding carboxylic acids is 1. The van der Waals surface area contributed by atoms with Crippen LogP contribution in [0.5, 0.6) is 0 Å². The summed E-state index contributed by atoms with van der Waals surface area (Å²) in [5.41, 5.74) is 0. The van der Waals surface area contributed by atoms with Crippen LogP contribution >= 0.6 is 0 Å². The van der Waals surface area contributed by atoms with Crippen LogP contribution in [0, 0.1) is 0 Å². The van der Waals surface area contributed by atoms with Crippen LogP contribution in [0.1, 0.15) is 0 Å². The van der Waals surface area contributed by atoms with Gasteiger partial charge in [0.05, 0.1) is 0 Å². The fourth-order valence-corrected chi connectivity index (χ4v) is 0.519. The molecule has 1 saturated heterocycles. The minimum absolute atomic E-state index is 0.529. The third-order valence-corrected chi connectivity index (χ3v) is 0.830. The second-order valence-electron chi connectivity index (χ2n) is 1.67. The van der Waals surface area contributed by atoms with E-state index >= 15 is 0 Å². The van der Waals surface area contributed by atoms with Crippen molar-refractivity contribution >= 4 is 6.16 Å². The molecular formula is C4H3F3O4. The molecule has 1 aliphatic heterocycles. The molecule has 0 aromatic carbocycles. The minimum Gasteiger partial charge on any atom is -0.428 e. The molecule has 0 aliphatic carbocycles. The molecule has 0 unspecified atom stereocenters. The zero-order chi connectivity index (χ0) is 8.48. The number of halogens is 3. The van der Waals surface area contributed by atoms with E-state index in [-0.39, 0.29) is 0 Å². The number of cyclic esters (lactones) is 2. The Morgan fingerprint density at radius 1 is 1.55 bits per heavy atom. The van der Waals surface area contributed by atoms with Gasteiger partial charge in [-0.3, -0.25) is 0 Å². The van der Waals surface area contributed by atoms with Crippen molar-refractivity contribution in [2.24, 2.45) is 0 Å². The smallest absolute Gasteiger partial charge is 0.428 e. The molecule has 0 bridgehead atoms. The maximum absolute atomic E-state index is 11.4. The molecule has 0 amide bonds. The molecule has 1 fully saturated rings. The van der Waals surface area contributed by atoms with E-state index in [1.807, 2.05) is 0 Å². The normalized spacial score (nSPS) is 24.6. The van der Waals surface area contributed by atoms with Gasteiger partial charge in [-0.2, -0.15) is 0 Å². The molecule has 0 N–H and O–H groups in total. The zero-order valence-electron chi connectivity index (χ0n) is 5.05. The van der Waals surface area contributed by atoms with Crippen molar-refractivity contribution in [1.82, 2.24) is 0 Å². The second kappa shape index (κ2) is 2.57. The predicted octanol–water partition coefficient (Wildman–Crippen LogP) is 1.02. The van der Waals surface area contributed by atoms with Crippen molar-refractivity contribution in [2.45, 2.75) is 12.7 Å². The summed E-state index contributed by atoms with van der Waals surface area (Å²) in [4.78, 5) is 10.0. The molecular weight excluding hydrogens is 169 g/mol. The Morgan fingerprint density at radius 3 is 2.55 bits per heavy atom. The highest BCUT2D eigenvalue weighted by Gasteiger charge is 2.38. The summed E-state index contributed by atoms with van der Waals surface area (Å²) in [5.74, 6) is 0. The molecule has 64 valence electrons. The monoisotopic (exact) mass is 172 g/mol. The summed E-state index contributed by atoms with van der Waals surface area (Å²) in [6.45, 7) is -0.529. The summed E-state index contributed by atoms with van der Waals surface area (Å²) in [6, 6.07) is 0. The Morgan fingerprint density at radius 2 is 2.18 bits per heavy atom. The molecule has 1 heterocycles. The van der Waals surface area contributed by atoms with E-state index in [1.54, 1.807) is 0 Å². The molecule has 0 spiro atoms. The van der Waals surface area contributed by atoms with Crippen molar-refractivity contribution in [3.05, 3.63) is 0 Å². The number of alkyl halides is 3. The van der Waals surface area contributed by atoms with Gasteiger partial charge in [0, 0.05) is 0 Å². The third kappa shape index (κ3) is 2.62.